The molecule has 0 saturated heterocycles. The van der Waals surface area contributed by atoms with Crippen molar-refractivity contribution < 1.29 is 4.39 Å². The normalized spacial score (nSPS) is 11.2. The number of halogens is 1. The Kier molecular flexibility index (Phi) is 3.00. The van der Waals surface area contributed by atoms with Crippen molar-refractivity contribution in [2.45, 2.75) is 12.1 Å². The molecule has 0 saturated carbocycles. The summed E-state index contributed by atoms with van der Waals surface area (Å²) in [6.45, 7) is 1.74. The summed E-state index contributed by atoms with van der Waals surface area (Å²) < 4.78 is 14.7. The average Bonchev–Trinajstić information content (AvgIpc) is 2.58. The van der Waals surface area contributed by atoms with Gasteiger partial charge in [-0.3, -0.25) is 0 Å². The zero-order valence-electron chi connectivity index (χ0n) is 8.50. The maximum atomic E-state index is 13.3. The minimum absolute atomic E-state index is 0.322. The number of hydrogen-bond acceptors (Lipinski definition) is 4. The standard InChI is InChI=1S/C10H9FN4S/c1-7-13-14-10(16)15(7)12-6-8-4-2-3-5-9(8)11/h2-6H,1H3,(H,14,16). The maximum absolute atomic E-state index is 13.3. The Balaban J connectivity index is 2.32. The van der Waals surface area contributed by atoms with Crippen molar-refractivity contribution in [1.29, 1.82) is 0 Å². The lowest BCUT2D eigenvalue weighted by molar-refractivity contribution is 0.625. The van der Waals surface area contributed by atoms with Gasteiger partial charge in [0.05, 0.1) is 6.21 Å². The Labute approximate surface area is 97.2 Å². The van der Waals surface area contributed by atoms with E-state index in [1.54, 1.807) is 25.1 Å². The highest BCUT2D eigenvalue weighted by molar-refractivity contribution is 7.80. The van der Waals surface area contributed by atoms with E-state index in [1.165, 1.54) is 17.0 Å². The molecule has 1 heterocycles. The van der Waals surface area contributed by atoms with Crippen LogP contribution < -0.4 is 0 Å². The molecule has 0 spiro atoms. The summed E-state index contributed by atoms with van der Waals surface area (Å²) in [5.41, 5.74) is 0.406. The van der Waals surface area contributed by atoms with E-state index in [4.69, 9.17) is 0 Å². The Bertz CT molecular complexity index is 516. The van der Waals surface area contributed by atoms with E-state index in [0.29, 0.717) is 16.5 Å². The SMILES string of the molecule is Cc1nnc(S)n1N=Cc1ccccc1F. The highest BCUT2D eigenvalue weighted by Crippen LogP contribution is 2.06. The molecule has 0 fully saturated rings. The first kappa shape index (κ1) is 10.8. The van der Waals surface area contributed by atoms with Gasteiger partial charge in [-0.15, -0.1) is 22.8 Å². The third-order valence-electron chi connectivity index (χ3n) is 2.00. The lowest BCUT2D eigenvalue weighted by Crippen LogP contribution is -1.95. The number of benzene rings is 1. The van der Waals surface area contributed by atoms with Crippen molar-refractivity contribution in [1.82, 2.24) is 14.9 Å². The minimum atomic E-state index is -0.322. The van der Waals surface area contributed by atoms with Crippen LogP contribution in [0.2, 0.25) is 0 Å². The minimum Gasteiger partial charge on any atom is -0.206 e. The molecule has 1 aromatic carbocycles. The van der Waals surface area contributed by atoms with E-state index in [-0.39, 0.29) is 5.82 Å². The zero-order valence-corrected chi connectivity index (χ0v) is 9.40. The van der Waals surface area contributed by atoms with Gasteiger partial charge < -0.3 is 0 Å². The molecule has 6 heteroatoms. The molecule has 2 rings (SSSR count). The van der Waals surface area contributed by atoms with Gasteiger partial charge in [0.15, 0.2) is 5.82 Å². The van der Waals surface area contributed by atoms with Gasteiger partial charge in [0.2, 0.25) is 5.16 Å². The second kappa shape index (κ2) is 4.44. The molecular formula is C10H9FN4S. The molecule has 2 aromatic rings. The first-order valence-corrected chi connectivity index (χ1v) is 5.03. The largest absolute Gasteiger partial charge is 0.208 e. The molecule has 16 heavy (non-hydrogen) atoms. The first-order valence-electron chi connectivity index (χ1n) is 4.58. The molecule has 0 radical (unpaired) electrons. The quantitative estimate of drug-likeness (QED) is 0.639. The monoisotopic (exact) mass is 236 g/mol. The summed E-state index contributed by atoms with van der Waals surface area (Å²) >= 11 is 4.07. The van der Waals surface area contributed by atoms with Crippen molar-refractivity contribution in [3.63, 3.8) is 0 Å². The summed E-state index contributed by atoms with van der Waals surface area (Å²) in [6, 6.07) is 6.38. The van der Waals surface area contributed by atoms with E-state index < -0.39 is 0 Å². The van der Waals surface area contributed by atoms with Gasteiger partial charge in [-0.2, -0.15) is 9.78 Å². The molecule has 0 aliphatic rings. The summed E-state index contributed by atoms with van der Waals surface area (Å²) in [5.74, 6) is 0.273. The van der Waals surface area contributed by atoms with E-state index in [1.807, 2.05) is 0 Å². The van der Waals surface area contributed by atoms with Gasteiger partial charge >= 0.3 is 0 Å². The van der Waals surface area contributed by atoms with Crippen LogP contribution in [-0.4, -0.2) is 21.1 Å². The van der Waals surface area contributed by atoms with Gasteiger partial charge in [0.1, 0.15) is 5.82 Å². The van der Waals surface area contributed by atoms with Crippen LogP contribution in [0.25, 0.3) is 0 Å². The first-order chi connectivity index (χ1) is 7.68. The third kappa shape index (κ3) is 2.11. The second-order valence-electron chi connectivity index (χ2n) is 3.13. The average molecular weight is 236 g/mol. The van der Waals surface area contributed by atoms with E-state index in [2.05, 4.69) is 27.9 Å². The van der Waals surface area contributed by atoms with Gasteiger partial charge in [-0.25, -0.2) is 4.39 Å². The van der Waals surface area contributed by atoms with Crippen molar-refractivity contribution >= 4 is 18.8 Å². The molecule has 1 aromatic heterocycles. The van der Waals surface area contributed by atoms with E-state index in [0.717, 1.165) is 0 Å². The number of aromatic nitrogens is 3. The van der Waals surface area contributed by atoms with Crippen LogP contribution in [0, 0.1) is 12.7 Å². The number of thiol groups is 1. The molecule has 4 nitrogen and oxygen atoms in total. The molecule has 82 valence electrons. The topological polar surface area (TPSA) is 43.1 Å². The molecule has 0 bridgehead atoms. The van der Waals surface area contributed by atoms with Crippen molar-refractivity contribution in [3.05, 3.63) is 41.5 Å². The Hall–Kier alpha value is -1.69. The van der Waals surface area contributed by atoms with Crippen LogP contribution in [0.1, 0.15) is 11.4 Å². The maximum Gasteiger partial charge on any atom is 0.208 e. The van der Waals surface area contributed by atoms with Crippen molar-refractivity contribution in [2.75, 3.05) is 0 Å². The predicted octanol–water partition coefficient (Wildman–Crippen LogP) is 1.90. The lowest BCUT2D eigenvalue weighted by atomic mass is 10.2. The van der Waals surface area contributed by atoms with Crippen molar-refractivity contribution in [3.8, 4) is 0 Å². The molecule has 0 amide bonds. The van der Waals surface area contributed by atoms with Gasteiger partial charge in [0.25, 0.3) is 0 Å². The van der Waals surface area contributed by atoms with Gasteiger partial charge in [-0.1, -0.05) is 18.2 Å². The van der Waals surface area contributed by atoms with Crippen LogP contribution in [0.15, 0.2) is 34.5 Å². The zero-order chi connectivity index (χ0) is 11.5. The Morgan fingerprint density at radius 2 is 2.12 bits per heavy atom. The summed E-state index contributed by atoms with van der Waals surface area (Å²) in [4.78, 5) is 0. The molecule has 0 aliphatic heterocycles. The molecule has 0 unspecified atom stereocenters. The van der Waals surface area contributed by atoms with Gasteiger partial charge in [-0.05, 0) is 13.0 Å². The molecule has 0 atom stereocenters. The van der Waals surface area contributed by atoms with E-state index >= 15 is 0 Å². The van der Waals surface area contributed by atoms with Crippen LogP contribution >= 0.6 is 12.6 Å². The predicted molar refractivity (Wildman–Crippen MR) is 61.4 cm³/mol. The summed E-state index contributed by atoms with van der Waals surface area (Å²) in [5, 5.41) is 11.9. The Morgan fingerprint density at radius 3 is 2.75 bits per heavy atom. The fourth-order valence-electron chi connectivity index (χ4n) is 1.18. The smallest absolute Gasteiger partial charge is 0.206 e. The summed E-state index contributed by atoms with van der Waals surface area (Å²) in [7, 11) is 0. The fourth-order valence-corrected chi connectivity index (χ4v) is 1.42. The molecule has 0 aliphatic carbocycles. The van der Waals surface area contributed by atoms with Crippen LogP contribution in [-0.2, 0) is 0 Å². The third-order valence-corrected chi connectivity index (χ3v) is 2.28. The van der Waals surface area contributed by atoms with Crippen LogP contribution in [0.3, 0.4) is 0 Å². The number of hydrogen-bond donors (Lipinski definition) is 1. The lowest BCUT2D eigenvalue weighted by Gasteiger charge is -1.97. The van der Waals surface area contributed by atoms with Crippen molar-refractivity contribution in [2.24, 2.45) is 5.10 Å². The van der Waals surface area contributed by atoms with Crippen LogP contribution in [0.4, 0.5) is 4.39 Å². The second-order valence-corrected chi connectivity index (χ2v) is 3.53. The van der Waals surface area contributed by atoms with Crippen LogP contribution in [0.5, 0.6) is 0 Å². The number of aryl methyl sites for hydroxylation is 1. The summed E-state index contributed by atoms with van der Waals surface area (Å²) in [6.07, 6.45) is 1.41. The number of nitrogens with zero attached hydrogens (tertiary/aromatic N) is 4. The molecular weight excluding hydrogens is 227 g/mol. The highest BCUT2D eigenvalue weighted by atomic mass is 32.1. The molecule has 0 N–H and O–H groups in total. The van der Waals surface area contributed by atoms with E-state index in [9.17, 15) is 4.39 Å². The highest BCUT2D eigenvalue weighted by Gasteiger charge is 2.02. The Morgan fingerprint density at radius 1 is 1.38 bits per heavy atom. The number of rotatable bonds is 2. The fraction of sp³-hybridized carbons (Fsp3) is 0.100. The van der Waals surface area contributed by atoms with Gasteiger partial charge in [0, 0.05) is 5.56 Å².